The lowest BCUT2D eigenvalue weighted by Crippen LogP contribution is -2.32. The smallest absolute Gasteiger partial charge is 0.269 e. The van der Waals surface area contributed by atoms with Gasteiger partial charge in [-0.2, -0.15) is 0 Å². The van der Waals surface area contributed by atoms with Crippen LogP contribution < -0.4 is 5.32 Å². The number of phenols is 1. The first-order valence-corrected chi connectivity index (χ1v) is 6.34. The van der Waals surface area contributed by atoms with E-state index in [-0.39, 0.29) is 23.8 Å². The van der Waals surface area contributed by atoms with Crippen LogP contribution in [0.5, 0.6) is 5.75 Å². The van der Waals surface area contributed by atoms with Gasteiger partial charge in [0.05, 0.1) is 4.47 Å². The number of hydrogen-bond donors (Lipinski definition) is 3. The molecule has 1 aromatic rings. The number of hydrogen-bond acceptors (Lipinski definition) is 4. The molecule has 0 saturated heterocycles. The number of nitrogens with zero attached hydrogens (tertiary/aromatic N) is 1. The summed E-state index contributed by atoms with van der Waals surface area (Å²) in [7, 11) is 0. The fraction of sp³-hybridized carbons (Fsp3) is 0.333. The van der Waals surface area contributed by atoms with Crippen molar-refractivity contribution in [3.63, 3.8) is 0 Å². The summed E-state index contributed by atoms with van der Waals surface area (Å²) in [6, 6.07) is 4.85. The molecule has 1 amide bonds. The Morgan fingerprint density at radius 3 is 2.78 bits per heavy atom. The van der Waals surface area contributed by atoms with Gasteiger partial charge < -0.3 is 15.6 Å². The van der Waals surface area contributed by atoms with Crippen molar-refractivity contribution in [2.75, 3.05) is 6.54 Å². The number of phenolic OH excluding ortho intramolecular Hbond substituents is 1. The Balaban J connectivity index is 2.74. The number of carbonyl (C=O) groups is 1. The average molecular weight is 315 g/mol. The first-order chi connectivity index (χ1) is 8.58. The zero-order chi connectivity index (χ0) is 13.5. The third kappa shape index (κ3) is 4.03. The van der Waals surface area contributed by atoms with E-state index in [1.54, 1.807) is 12.1 Å². The van der Waals surface area contributed by atoms with Crippen molar-refractivity contribution in [1.82, 2.24) is 5.32 Å². The minimum absolute atomic E-state index is 0.0426. The number of carbonyl (C=O) groups excluding carboxylic acids is 1. The molecule has 0 aliphatic rings. The maximum absolute atomic E-state index is 11.6. The molecule has 0 aliphatic carbocycles. The first kappa shape index (κ1) is 14.5. The van der Waals surface area contributed by atoms with E-state index in [0.717, 1.165) is 12.0 Å². The van der Waals surface area contributed by atoms with Gasteiger partial charge in [0, 0.05) is 13.0 Å². The summed E-state index contributed by atoms with van der Waals surface area (Å²) in [5, 5.41) is 23.9. The number of benzene rings is 1. The van der Waals surface area contributed by atoms with Crippen LogP contribution in [0, 0.1) is 0 Å². The molecule has 1 rings (SSSR count). The highest BCUT2D eigenvalue weighted by molar-refractivity contribution is 9.10. The van der Waals surface area contributed by atoms with Crippen molar-refractivity contribution in [2.45, 2.75) is 19.8 Å². The zero-order valence-corrected chi connectivity index (χ0v) is 11.6. The second-order valence-electron chi connectivity index (χ2n) is 3.77. The van der Waals surface area contributed by atoms with Crippen LogP contribution >= 0.6 is 15.9 Å². The van der Waals surface area contributed by atoms with Crippen molar-refractivity contribution in [3.8, 4) is 5.75 Å². The van der Waals surface area contributed by atoms with Crippen molar-refractivity contribution < 1.29 is 15.1 Å². The van der Waals surface area contributed by atoms with Gasteiger partial charge in [0.25, 0.3) is 5.91 Å². The van der Waals surface area contributed by atoms with Crippen molar-refractivity contribution in [1.29, 1.82) is 0 Å². The predicted molar refractivity (Wildman–Crippen MR) is 72.0 cm³/mol. The second-order valence-corrected chi connectivity index (χ2v) is 4.62. The van der Waals surface area contributed by atoms with E-state index in [1.165, 1.54) is 6.07 Å². The van der Waals surface area contributed by atoms with Crippen molar-refractivity contribution in [2.24, 2.45) is 5.16 Å². The summed E-state index contributed by atoms with van der Waals surface area (Å²) in [5.41, 5.74) is 0.806. The Kier molecular flexibility index (Phi) is 5.64. The molecule has 0 aliphatic heterocycles. The van der Waals surface area contributed by atoms with Crippen LogP contribution in [0.3, 0.4) is 0 Å². The molecule has 0 fully saturated rings. The Labute approximate surface area is 114 Å². The van der Waals surface area contributed by atoms with E-state index in [4.69, 9.17) is 5.21 Å². The van der Waals surface area contributed by atoms with Crippen LogP contribution in [0.4, 0.5) is 0 Å². The molecule has 0 unspecified atom stereocenters. The number of oxime groups is 1. The summed E-state index contributed by atoms with van der Waals surface area (Å²) in [6.45, 7) is 2.48. The molecule has 0 radical (unpaired) electrons. The van der Waals surface area contributed by atoms with E-state index in [0.29, 0.717) is 11.0 Å². The SMILES string of the molecule is CCCNC(=O)C(Cc1ccc(O)c(Br)c1)=NO. The third-order valence-corrected chi connectivity index (χ3v) is 2.94. The molecule has 0 spiro atoms. The summed E-state index contributed by atoms with van der Waals surface area (Å²) in [5.74, 6) is -0.264. The average Bonchev–Trinajstić information content (AvgIpc) is 2.37. The van der Waals surface area contributed by atoms with Gasteiger partial charge in [-0.3, -0.25) is 4.79 Å². The molecule has 0 bridgehead atoms. The van der Waals surface area contributed by atoms with Gasteiger partial charge in [0.1, 0.15) is 11.5 Å². The molecule has 0 heterocycles. The summed E-state index contributed by atoms with van der Waals surface area (Å²) >= 11 is 3.18. The standard InChI is InChI=1S/C12H15BrN2O3/c1-2-5-14-12(17)10(15-18)7-8-3-4-11(16)9(13)6-8/h3-4,6,16,18H,2,5,7H2,1H3,(H,14,17). The van der Waals surface area contributed by atoms with Gasteiger partial charge in [-0.05, 0) is 40.0 Å². The molecule has 98 valence electrons. The number of aromatic hydroxyl groups is 1. The lowest BCUT2D eigenvalue weighted by atomic mass is 10.1. The summed E-state index contributed by atoms with van der Waals surface area (Å²) < 4.78 is 0.534. The molecule has 0 aromatic heterocycles. The minimum Gasteiger partial charge on any atom is -0.507 e. The van der Waals surface area contributed by atoms with Gasteiger partial charge in [0.2, 0.25) is 0 Å². The van der Waals surface area contributed by atoms with Gasteiger partial charge in [-0.25, -0.2) is 0 Å². The fourth-order valence-corrected chi connectivity index (χ4v) is 1.78. The Hall–Kier alpha value is -1.56. The predicted octanol–water partition coefficient (Wildman–Crippen LogP) is 2.05. The van der Waals surface area contributed by atoms with Crippen LogP contribution in [-0.4, -0.2) is 28.5 Å². The number of nitrogens with one attached hydrogen (secondary N) is 1. The quantitative estimate of drug-likeness (QED) is 0.442. The van der Waals surface area contributed by atoms with Crippen LogP contribution in [0.2, 0.25) is 0 Å². The highest BCUT2D eigenvalue weighted by Crippen LogP contribution is 2.24. The molecule has 18 heavy (non-hydrogen) atoms. The summed E-state index contributed by atoms with van der Waals surface area (Å²) in [6.07, 6.45) is 1.01. The van der Waals surface area contributed by atoms with Gasteiger partial charge in [-0.15, -0.1) is 0 Å². The highest BCUT2D eigenvalue weighted by Gasteiger charge is 2.13. The van der Waals surface area contributed by atoms with Crippen LogP contribution in [-0.2, 0) is 11.2 Å². The van der Waals surface area contributed by atoms with Gasteiger partial charge in [0.15, 0.2) is 0 Å². The highest BCUT2D eigenvalue weighted by atomic mass is 79.9. The van der Waals surface area contributed by atoms with E-state index in [1.807, 2.05) is 6.92 Å². The third-order valence-electron chi connectivity index (χ3n) is 2.30. The van der Waals surface area contributed by atoms with E-state index >= 15 is 0 Å². The molecule has 5 nitrogen and oxygen atoms in total. The number of amides is 1. The van der Waals surface area contributed by atoms with Crippen molar-refractivity contribution in [3.05, 3.63) is 28.2 Å². The minimum atomic E-state index is -0.386. The van der Waals surface area contributed by atoms with E-state index < -0.39 is 0 Å². The number of rotatable bonds is 5. The second kappa shape index (κ2) is 7.00. The fourth-order valence-electron chi connectivity index (χ4n) is 1.36. The van der Waals surface area contributed by atoms with Gasteiger partial charge >= 0.3 is 0 Å². The lowest BCUT2D eigenvalue weighted by Gasteiger charge is -2.06. The van der Waals surface area contributed by atoms with Crippen LogP contribution in [0.25, 0.3) is 0 Å². The molecule has 0 saturated carbocycles. The normalized spacial score (nSPS) is 11.3. The molecule has 1 aromatic carbocycles. The van der Waals surface area contributed by atoms with Crippen LogP contribution in [0.1, 0.15) is 18.9 Å². The Morgan fingerprint density at radius 2 is 2.22 bits per heavy atom. The molecule has 0 atom stereocenters. The largest absolute Gasteiger partial charge is 0.507 e. The van der Waals surface area contributed by atoms with Crippen molar-refractivity contribution >= 4 is 27.5 Å². The molecule has 3 N–H and O–H groups in total. The molecular weight excluding hydrogens is 300 g/mol. The number of halogens is 1. The maximum atomic E-state index is 11.6. The monoisotopic (exact) mass is 314 g/mol. The molecular formula is C12H15BrN2O3. The maximum Gasteiger partial charge on any atom is 0.269 e. The lowest BCUT2D eigenvalue weighted by molar-refractivity contribution is -0.115. The zero-order valence-electron chi connectivity index (χ0n) is 9.98. The first-order valence-electron chi connectivity index (χ1n) is 5.55. The summed E-state index contributed by atoms with van der Waals surface area (Å²) in [4.78, 5) is 11.6. The van der Waals surface area contributed by atoms with E-state index in [2.05, 4.69) is 26.4 Å². The molecule has 6 heteroatoms. The van der Waals surface area contributed by atoms with Gasteiger partial charge in [-0.1, -0.05) is 18.1 Å². The van der Waals surface area contributed by atoms with E-state index in [9.17, 15) is 9.90 Å². The van der Waals surface area contributed by atoms with Crippen LogP contribution in [0.15, 0.2) is 27.8 Å². The Bertz CT molecular complexity index is 461. The topological polar surface area (TPSA) is 81.9 Å². The Morgan fingerprint density at radius 1 is 1.50 bits per heavy atom.